The second-order valence-electron chi connectivity index (χ2n) is 4.17. The highest BCUT2D eigenvalue weighted by Gasteiger charge is 1.98. The van der Waals surface area contributed by atoms with Crippen LogP contribution in [0.5, 0.6) is 5.75 Å². The van der Waals surface area contributed by atoms with Crippen molar-refractivity contribution in [1.29, 1.82) is 0 Å². The van der Waals surface area contributed by atoms with Gasteiger partial charge in [-0.2, -0.15) is 0 Å². The van der Waals surface area contributed by atoms with Crippen LogP contribution in [0.3, 0.4) is 0 Å². The van der Waals surface area contributed by atoms with E-state index < -0.39 is 0 Å². The summed E-state index contributed by atoms with van der Waals surface area (Å²) in [6.45, 7) is 2.68. The van der Waals surface area contributed by atoms with Crippen LogP contribution in [0.15, 0.2) is 36.4 Å². The summed E-state index contributed by atoms with van der Waals surface area (Å²) in [5, 5.41) is 2.41. The number of hydrogen-bond donors (Lipinski definition) is 0. The molecule has 88 valence electrons. The maximum atomic E-state index is 10.2. The minimum absolute atomic E-state index is 0.562. The van der Waals surface area contributed by atoms with Crippen LogP contribution < -0.4 is 4.74 Å². The molecular formula is C15H16O2. The van der Waals surface area contributed by atoms with Crippen molar-refractivity contribution >= 4 is 17.1 Å². The molecule has 0 unspecified atom stereocenters. The fraction of sp³-hybridized carbons (Fsp3) is 0.267. The van der Waals surface area contributed by atoms with Crippen molar-refractivity contribution in [3.63, 3.8) is 0 Å². The van der Waals surface area contributed by atoms with Gasteiger partial charge in [-0.3, -0.25) is 0 Å². The summed E-state index contributed by atoms with van der Waals surface area (Å²) in [5.74, 6) is 0.868. The van der Waals surface area contributed by atoms with Gasteiger partial charge < -0.3 is 9.53 Å². The molecule has 0 radical (unpaired) electrons. The van der Waals surface area contributed by atoms with Gasteiger partial charge in [-0.15, -0.1) is 0 Å². The second kappa shape index (κ2) is 5.48. The lowest BCUT2D eigenvalue weighted by atomic mass is 10.1. The minimum Gasteiger partial charge on any atom is -0.494 e. The number of hydrogen-bond acceptors (Lipinski definition) is 2. The van der Waals surface area contributed by atoms with E-state index in [-0.39, 0.29) is 0 Å². The van der Waals surface area contributed by atoms with E-state index in [0.29, 0.717) is 13.0 Å². The maximum Gasteiger partial charge on any atom is 0.120 e. The molecule has 0 spiro atoms. The van der Waals surface area contributed by atoms with Gasteiger partial charge in [-0.25, -0.2) is 0 Å². The second-order valence-corrected chi connectivity index (χ2v) is 4.17. The Morgan fingerprint density at radius 2 is 1.88 bits per heavy atom. The van der Waals surface area contributed by atoms with Crippen molar-refractivity contribution in [2.45, 2.75) is 19.8 Å². The molecule has 2 aromatic rings. The van der Waals surface area contributed by atoms with E-state index in [9.17, 15) is 4.79 Å². The van der Waals surface area contributed by atoms with E-state index in [1.807, 2.05) is 12.1 Å². The predicted molar refractivity (Wildman–Crippen MR) is 69.5 cm³/mol. The van der Waals surface area contributed by atoms with Gasteiger partial charge >= 0.3 is 0 Å². The lowest BCUT2D eigenvalue weighted by Crippen LogP contribution is -1.97. The van der Waals surface area contributed by atoms with E-state index >= 15 is 0 Å². The van der Waals surface area contributed by atoms with Crippen molar-refractivity contribution in [1.82, 2.24) is 0 Å². The zero-order chi connectivity index (χ0) is 12.1. The molecule has 0 aliphatic heterocycles. The molecule has 0 atom stereocenters. The van der Waals surface area contributed by atoms with Crippen LogP contribution in [0.1, 0.15) is 18.4 Å². The fourth-order valence-corrected chi connectivity index (χ4v) is 1.79. The van der Waals surface area contributed by atoms with Gasteiger partial charge in [0.05, 0.1) is 6.61 Å². The summed E-state index contributed by atoms with van der Waals surface area (Å²) in [5.41, 5.74) is 1.26. The van der Waals surface area contributed by atoms with Gasteiger partial charge in [0.15, 0.2) is 0 Å². The van der Waals surface area contributed by atoms with Crippen molar-refractivity contribution < 1.29 is 9.53 Å². The molecule has 0 aromatic heterocycles. The van der Waals surface area contributed by atoms with Crippen LogP contribution in [-0.2, 0) is 4.79 Å². The average molecular weight is 228 g/mol. The van der Waals surface area contributed by atoms with Crippen molar-refractivity contribution in [3.05, 3.63) is 42.0 Å². The number of carbonyl (C=O) groups excluding carboxylic acids is 1. The summed E-state index contributed by atoms with van der Waals surface area (Å²) in [6, 6.07) is 12.4. The normalized spacial score (nSPS) is 10.4. The topological polar surface area (TPSA) is 26.3 Å². The van der Waals surface area contributed by atoms with Gasteiger partial charge in [0, 0.05) is 6.42 Å². The molecule has 0 saturated carbocycles. The molecular weight excluding hydrogens is 212 g/mol. The molecule has 0 fully saturated rings. The van der Waals surface area contributed by atoms with E-state index in [1.165, 1.54) is 16.3 Å². The van der Waals surface area contributed by atoms with Crippen LogP contribution in [0, 0.1) is 6.92 Å². The standard InChI is InChI=1S/C15H16O2/c1-12-4-5-14-11-15(7-6-13(14)10-12)17-9-3-2-8-16/h4-8,10-11H,2-3,9H2,1H3. The summed E-state index contributed by atoms with van der Waals surface area (Å²) < 4.78 is 5.59. The van der Waals surface area contributed by atoms with Crippen LogP contribution in [0.2, 0.25) is 0 Å². The molecule has 17 heavy (non-hydrogen) atoms. The van der Waals surface area contributed by atoms with Gasteiger partial charge in [0.25, 0.3) is 0 Å². The highest BCUT2D eigenvalue weighted by atomic mass is 16.5. The molecule has 2 rings (SSSR count). The third kappa shape index (κ3) is 3.06. The molecule has 0 bridgehead atoms. The first kappa shape index (κ1) is 11.6. The molecule has 0 amide bonds. The molecule has 0 N–H and O–H groups in total. The van der Waals surface area contributed by atoms with Crippen LogP contribution in [-0.4, -0.2) is 12.9 Å². The van der Waals surface area contributed by atoms with Gasteiger partial charge in [0.1, 0.15) is 12.0 Å². The van der Waals surface area contributed by atoms with Crippen molar-refractivity contribution in [2.24, 2.45) is 0 Å². The summed E-state index contributed by atoms with van der Waals surface area (Å²) in [7, 11) is 0. The molecule has 2 heteroatoms. The third-order valence-corrected chi connectivity index (χ3v) is 2.70. The Kier molecular flexibility index (Phi) is 3.76. The van der Waals surface area contributed by atoms with Crippen LogP contribution in [0.4, 0.5) is 0 Å². The Balaban J connectivity index is 2.09. The van der Waals surface area contributed by atoms with Crippen molar-refractivity contribution in [3.8, 4) is 5.75 Å². The number of fused-ring (bicyclic) bond motifs is 1. The minimum atomic E-state index is 0.562. The lowest BCUT2D eigenvalue weighted by Gasteiger charge is -2.06. The number of aryl methyl sites for hydroxylation is 1. The number of rotatable bonds is 5. The Labute approximate surface area is 101 Å². The number of aldehydes is 1. The first-order valence-electron chi connectivity index (χ1n) is 5.86. The Morgan fingerprint density at radius 1 is 1.12 bits per heavy atom. The van der Waals surface area contributed by atoms with Gasteiger partial charge in [-0.05, 0) is 36.2 Å². The SMILES string of the molecule is Cc1ccc2cc(OCCCC=O)ccc2c1. The first-order valence-corrected chi connectivity index (χ1v) is 5.86. The number of ether oxygens (including phenoxy) is 1. The zero-order valence-corrected chi connectivity index (χ0v) is 9.98. The highest BCUT2D eigenvalue weighted by molar-refractivity contribution is 5.84. The molecule has 0 saturated heterocycles. The molecule has 0 aliphatic carbocycles. The molecule has 0 heterocycles. The smallest absolute Gasteiger partial charge is 0.120 e. The van der Waals surface area contributed by atoms with Gasteiger partial charge in [-0.1, -0.05) is 29.8 Å². The zero-order valence-electron chi connectivity index (χ0n) is 9.98. The fourth-order valence-electron chi connectivity index (χ4n) is 1.79. The van der Waals surface area contributed by atoms with Crippen molar-refractivity contribution in [2.75, 3.05) is 6.61 Å². The first-order chi connectivity index (χ1) is 8.29. The predicted octanol–water partition coefficient (Wildman–Crippen LogP) is 3.51. The van der Waals surface area contributed by atoms with Crippen LogP contribution >= 0.6 is 0 Å². The van der Waals surface area contributed by atoms with E-state index in [1.54, 1.807) is 0 Å². The lowest BCUT2D eigenvalue weighted by molar-refractivity contribution is -0.108. The Hall–Kier alpha value is -1.83. The van der Waals surface area contributed by atoms with Crippen LogP contribution in [0.25, 0.3) is 10.8 Å². The molecule has 2 aromatic carbocycles. The maximum absolute atomic E-state index is 10.2. The van der Waals surface area contributed by atoms with E-state index in [2.05, 4.69) is 31.2 Å². The molecule has 2 nitrogen and oxygen atoms in total. The number of unbranched alkanes of at least 4 members (excludes halogenated alkanes) is 1. The number of benzene rings is 2. The summed E-state index contributed by atoms with van der Waals surface area (Å²) in [4.78, 5) is 10.2. The summed E-state index contributed by atoms with van der Waals surface area (Å²) in [6.07, 6.45) is 2.26. The third-order valence-electron chi connectivity index (χ3n) is 2.70. The number of carbonyl (C=O) groups is 1. The monoisotopic (exact) mass is 228 g/mol. The largest absolute Gasteiger partial charge is 0.494 e. The van der Waals surface area contributed by atoms with E-state index in [4.69, 9.17) is 4.74 Å². The Morgan fingerprint density at radius 3 is 2.71 bits per heavy atom. The summed E-state index contributed by atoms with van der Waals surface area (Å²) >= 11 is 0. The highest BCUT2D eigenvalue weighted by Crippen LogP contribution is 2.21. The van der Waals surface area contributed by atoms with Gasteiger partial charge in [0.2, 0.25) is 0 Å². The van der Waals surface area contributed by atoms with E-state index in [0.717, 1.165) is 18.5 Å². The Bertz CT molecular complexity index is 517. The molecule has 0 aliphatic rings. The quantitative estimate of drug-likeness (QED) is 0.578. The average Bonchev–Trinajstić information content (AvgIpc) is 2.35.